The third kappa shape index (κ3) is 7.71. The number of hydrogen-bond donors (Lipinski definition) is 2. The number of urea groups is 1. The fourth-order valence-corrected chi connectivity index (χ4v) is 5.59. The summed E-state index contributed by atoms with van der Waals surface area (Å²) in [6, 6.07) is 6.27. The quantitative estimate of drug-likeness (QED) is 0.316. The molecular formula is C28H30ClF6N5O3. The first-order valence-corrected chi connectivity index (χ1v) is 13.9. The molecule has 43 heavy (non-hydrogen) atoms. The molecule has 0 aliphatic carbocycles. The SMILES string of the molecule is NCCCC[C@H]1C(=O)N(Cc2cccc(Cl)c2)C[C@@H]2N(C(=O)NCc3cc(C(F)(F)F)cc(C(F)(F)F)c3)CCC(=O)N21. The van der Waals surface area contributed by atoms with Gasteiger partial charge < -0.3 is 25.8 Å². The molecule has 2 heterocycles. The Morgan fingerprint density at radius 3 is 2.26 bits per heavy atom. The lowest BCUT2D eigenvalue weighted by Crippen LogP contribution is -2.71. The molecule has 0 aromatic heterocycles. The minimum atomic E-state index is -5.03. The Kier molecular flexibility index (Phi) is 9.79. The molecule has 2 aromatic rings. The summed E-state index contributed by atoms with van der Waals surface area (Å²) in [7, 11) is 0. The van der Waals surface area contributed by atoms with Crippen LogP contribution in [-0.2, 0) is 35.0 Å². The van der Waals surface area contributed by atoms with E-state index in [-0.39, 0.29) is 43.9 Å². The summed E-state index contributed by atoms with van der Waals surface area (Å²) in [5.41, 5.74) is 2.94. The smallest absolute Gasteiger partial charge is 0.334 e. The third-order valence-corrected chi connectivity index (χ3v) is 7.63. The fraction of sp³-hybridized carbons (Fsp3) is 0.464. The number of nitrogens with two attached hydrogens (primary N) is 1. The number of benzene rings is 2. The average molecular weight is 634 g/mol. The number of fused-ring (bicyclic) bond motifs is 1. The van der Waals surface area contributed by atoms with E-state index in [0.717, 1.165) is 5.56 Å². The summed E-state index contributed by atoms with van der Waals surface area (Å²) in [6.45, 7) is -0.222. The number of unbranched alkanes of at least 4 members (excludes halogenated alkanes) is 1. The number of piperazine rings is 1. The lowest BCUT2D eigenvalue weighted by Gasteiger charge is -2.52. The Labute approximate surface area is 248 Å². The summed E-state index contributed by atoms with van der Waals surface area (Å²) < 4.78 is 79.8. The zero-order chi connectivity index (χ0) is 31.5. The Balaban J connectivity index is 1.58. The monoisotopic (exact) mass is 633 g/mol. The topological polar surface area (TPSA) is 99.0 Å². The number of rotatable bonds is 8. The number of alkyl halides is 6. The Morgan fingerprint density at radius 1 is 0.977 bits per heavy atom. The van der Waals surface area contributed by atoms with Crippen molar-refractivity contribution in [2.75, 3.05) is 19.6 Å². The average Bonchev–Trinajstić information content (AvgIpc) is 2.93. The number of amides is 4. The van der Waals surface area contributed by atoms with Crippen molar-refractivity contribution >= 4 is 29.4 Å². The third-order valence-electron chi connectivity index (χ3n) is 7.40. The summed E-state index contributed by atoms with van der Waals surface area (Å²) in [4.78, 5) is 44.2. The van der Waals surface area contributed by atoms with Crippen molar-refractivity contribution in [1.82, 2.24) is 20.0 Å². The van der Waals surface area contributed by atoms with E-state index in [2.05, 4.69) is 5.32 Å². The summed E-state index contributed by atoms with van der Waals surface area (Å²) in [6.07, 6.45) is -9.65. The van der Waals surface area contributed by atoms with Gasteiger partial charge in [0, 0.05) is 31.1 Å². The maximum Gasteiger partial charge on any atom is 0.416 e. The fourth-order valence-electron chi connectivity index (χ4n) is 5.38. The van der Waals surface area contributed by atoms with Crippen LogP contribution in [0.1, 0.15) is 47.9 Å². The van der Waals surface area contributed by atoms with E-state index in [1.54, 1.807) is 24.3 Å². The Hall–Kier alpha value is -3.52. The summed E-state index contributed by atoms with van der Waals surface area (Å²) in [5, 5.41) is 2.86. The normalized spacial score (nSPS) is 19.5. The first-order valence-electron chi connectivity index (χ1n) is 13.6. The molecule has 8 nitrogen and oxygen atoms in total. The van der Waals surface area contributed by atoms with Gasteiger partial charge in [-0.15, -0.1) is 0 Å². The highest BCUT2D eigenvalue weighted by molar-refractivity contribution is 6.30. The van der Waals surface area contributed by atoms with Crippen molar-refractivity contribution < 1.29 is 40.7 Å². The van der Waals surface area contributed by atoms with Crippen LogP contribution in [0.4, 0.5) is 31.1 Å². The molecule has 0 radical (unpaired) electrons. The number of nitrogens with zero attached hydrogens (tertiary/aromatic N) is 3. The van der Waals surface area contributed by atoms with Gasteiger partial charge >= 0.3 is 18.4 Å². The van der Waals surface area contributed by atoms with Crippen molar-refractivity contribution in [2.45, 2.75) is 63.3 Å². The maximum absolute atomic E-state index is 13.6. The Bertz CT molecular complexity index is 1320. The number of halogens is 7. The van der Waals surface area contributed by atoms with E-state index >= 15 is 0 Å². The van der Waals surface area contributed by atoms with Crippen molar-refractivity contribution in [2.24, 2.45) is 5.73 Å². The maximum atomic E-state index is 13.6. The van der Waals surface area contributed by atoms with Gasteiger partial charge in [0.05, 0.1) is 17.7 Å². The molecule has 2 atom stereocenters. The van der Waals surface area contributed by atoms with Crippen molar-refractivity contribution in [3.63, 3.8) is 0 Å². The lowest BCUT2D eigenvalue weighted by molar-refractivity contribution is -0.167. The summed E-state index contributed by atoms with van der Waals surface area (Å²) >= 11 is 6.11. The van der Waals surface area contributed by atoms with E-state index in [4.69, 9.17) is 17.3 Å². The molecule has 2 aliphatic rings. The highest BCUT2D eigenvalue weighted by Crippen LogP contribution is 2.36. The van der Waals surface area contributed by atoms with Crippen LogP contribution in [0.3, 0.4) is 0 Å². The van der Waals surface area contributed by atoms with Gasteiger partial charge in [-0.25, -0.2) is 4.79 Å². The minimum absolute atomic E-state index is 0.0117. The van der Waals surface area contributed by atoms with Gasteiger partial charge in [0.25, 0.3) is 0 Å². The lowest BCUT2D eigenvalue weighted by atomic mass is 9.98. The van der Waals surface area contributed by atoms with Crippen molar-refractivity contribution in [3.8, 4) is 0 Å². The molecule has 15 heteroatoms. The number of carbonyl (C=O) groups excluding carboxylic acids is 3. The van der Waals surface area contributed by atoms with E-state index < -0.39 is 53.8 Å². The molecule has 2 saturated heterocycles. The molecule has 3 N–H and O–H groups in total. The second-order valence-electron chi connectivity index (χ2n) is 10.4. The van der Waals surface area contributed by atoms with Crippen LogP contribution in [0.2, 0.25) is 5.02 Å². The molecule has 0 saturated carbocycles. The van der Waals surface area contributed by atoms with Gasteiger partial charge in [-0.05, 0) is 67.3 Å². The second-order valence-corrected chi connectivity index (χ2v) is 10.9. The van der Waals surface area contributed by atoms with Crippen LogP contribution >= 0.6 is 11.6 Å². The highest BCUT2D eigenvalue weighted by atomic mass is 35.5. The van der Waals surface area contributed by atoms with Crippen molar-refractivity contribution in [3.05, 3.63) is 69.7 Å². The van der Waals surface area contributed by atoms with E-state index in [1.807, 2.05) is 0 Å². The first-order chi connectivity index (χ1) is 20.2. The molecule has 2 fully saturated rings. The van der Waals surface area contributed by atoms with Crippen LogP contribution in [0.25, 0.3) is 0 Å². The van der Waals surface area contributed by atoms with Crippen LogP contribution in [-0.4, -0.2) is 64.4 Å². The van der Waals surface area contributed by atoms with Crippen LogP contribution in [0.5, 0.6) is 0 Å². The van der Waals surface area contributed by atoms with Gasteiger partial charge in [0.15, 0.2) is 0 Å². The predicted octanol–water partition coefficient (Wildman–Crippen LogP) is 4.99. The molecule has 4 rings (SSSR count). The molecular weight excluding hydrogens is 604 g/mol. The standard InChI is InChI=1S/C28H30ClF6N5O3/c29-21-5-3-4-17(12-21)15-38-16-23-39(9-7-24(41)40(23)22(25(38)42)6-1-2-8-36)26(43)37-14-18-10-19(27(30,31)32)13-20(11-18)28(33,34)35/h3-5,10-13,22-23H,1-2,6-9,14-16,36H2,(H,37,43)/t22-,23+/m0/s1. The summed E-state index contributed by atoms with van der Waals surface area (Å²) in [5.74, 6) is -0.650. The van der Waals surface area contributed by atoms with Crippen LogP contribution in [0.15, 0.2) is 42.5 Å². The van der Waals surface area contributed by atoms with E-state index in [0.29, 0.717) is 43.0 Å². The number of hydrogen-bond acceptors (Lipinski definition) is 4. The molecule has 2 aromatic carbocycles. The van der Waals surface area contributed by atoms with Crippen molar-refractivity contribution in [1.29, 1.82) is 0 Å². The van der Waals surface area contributed by atoms with Gasteiger partial charge in [0.1, 0.15) is 12.2 Å². The van der Waals surface area contributed by atoms with Crippen LogP contribution < -0.4 is 11.1 Å². The molecule has 234 valence electrons. The molecule has 4 amide bonds. The zero-order valence-corrected chi connectivity index (χ0v) is 23.6. The highest BCUT2D eigenvalue weighted by Gasteiger charge is 2.48. The van der Waals surface area contributed by atoms with E-state index in [1.165, 1.54) is 14.7 Å². The van der Waals surface area contributed by atoms with Gasteiger partial charge in [0.2, 0.25) is 11.8 Å². The number of carbonyl (C=O) groups is 3. The minimum Gasteiger partial charge on any atom is -0.334 e. The van der Waals surface area contributed by atoms with Gasteiger partial charge in [-0.3, -0.25) is 9.59 Å². The molecule has 0 spiro atoms. The Morgan fingerprint density at radius 2 is 1.65 bits per heavy atom. The molecule has 0 bridgehead atoms. The second kappa shape index (κ2) is 13.0. The van der Waals surface area contributed by atoms with Crippen LogP contribution in [0, 0.1) is 0 Å². The number of nitrogens with one attached hydrogen (secondary N) is 1. The van der Waals surface area contributed by atoms with E-state index in [9.17, 15) is 40.7 Å². The zero-order valence-electron chi connectivity index (χ0n) is 22.8. The van der Waals surface area contributed by atoms with Gasteiger partial charge in [-0.1, -0.05) is 23.7 Å². The molecule has 2 aliphatic heterocycles. The first kappa shape index (κ1) is 32.4. The molecule has 0 unspecified atom stereocenters. The largest absolute Gasteiger partial charge is 0.416 e. The predicted molar refractivity (Wildman–Crippen MR) is 144 cm³/mol. The van der Waals surface area contributed by atoms with Gasteiger partial charge in [-0.2, -0.15) is 26.3 Å².